The van der Waals surface area contributed by atoms with Crippen molar-refractivity contribution in [1.29, 1.82) is 0 Å². The molecule has 3 aliphatic rings. The minimum atomic E-state index is -0.0888. The number of nitrogens with zero attached hydrogens (tertiary/aromatic N) is 18. The van der Waals surface area contributed by atoms with Crippen molar-refractivity contribution >= 4 is 182 Å². The van der Waals surface area contributed by atoms with Crippen LogP contribution in [0.2, 0.25) is 35.4 Å². The van der Waals surface area contributed by atoms with Crippen molar-refractivity contribution in [2.45, 2.75) is 6.92 Å². The molecule has 0 saturated carbocycles. The molecule has 0 atom stereocenters. The highest BCUT2D eigenvalue weighted by Gasteiger charge is 2.29. The van der Waals surface area contributed by atoms with Crippen molar-refractivity contribution < 1.29 is 28.6 Å². The molecule has 0 radical (unpaired) electrons. The number of rotatable bonds is 12. The molecular formula is C64H52Cl7N21O6. The molecule has 98 heavy (non-hydrogen) atoms. The van der Waals surface area contributed by atoms with Gasteiger partial charge in [-0.25, -0.2) is 34.9 Å². The number of amides is 3. The molecule has 12 heterocycles. The van der Waals surface area contributed by atoms with Crippen molar-refractivity contribution in [1.82, 2.24) is 90.1 Å². The maximum atomic E-state index is 11.9. The van der Waals surface area contributed by atoms with Crippen molar-refractivity contribution in [3.8, 4) is 34.9 Å². The van der Waals surface area contributed by atoms with Gasteiger partial charge in [-0.2, -0.15) is 25.3 Å². The first-order valence-corrected chi connectivity index (χ1v) is 32.6. The van der Waals surface area contributed by atoms with Gasteiger partial charge in [0.05, 0.1) is 72.1 Å². The number of carbonyl (C=O) groups excluding carboxylic acids is 3. The predicted octanol–water partition coefficient (Wildman–Crippen LogP) is 12.5. The van der Waals surface area contributed by atoms with Crippen LogP contribution in [0.3, 0.4) is 0 Å². The van der Waals surface area contributed by atoms with Crippen molar-refractivity contribution in [2.24, 2.45) is 0 Å². The highest BCUT2D eigenvalue weighted by Crippen LogP contribution is 2.45. The lowest BCUT2D eigenvalue weighted by Gasteiger charge is -2.35. The highest BCUT2D eigenvalue weighted by molar-refractivity contribution is 6.45. The fourth-order valence-corrected chi connectivity index (χ4v) is 12.8. The van der Waals surface area contributed by atoms with E-state index in [0.717, 1.165) is 27.7 Å². The Hall–Kier alpha value is -10.0. The van der Waals surface area contributed by atoms with Crippen LogP contribution in [0.5, 0.6) is 34.9 Å². The van der Waals surface area contributed by atoms with Gasteiger partial charge in [-0.1, -0.05) is 101 Å². The fraction of sp³-hybridized carbons (Fsp3) is 0.203. The van der Waals surface area contributed by atoms with Gasteiger partial charge < -0.3 is 43.6 Å². The zero-order chi connectivity index (χ0) is 68.5. The van der Waals surface area contributed by atoms with Gasteiger partial charge in [-0.15, -0.1) is 0 Å². The van der Waals surface area contributed by atoms with Crippen LogP contribution < -0.4 is 28.9 Å². The summed E-state index contributed by atoms with van der Waals surface area (Å²) in [5.41, 5.74) is 4.36. The van der Waals surface area contributed by atoms with Crippen LogP contribution in [0.25, 0.3) is 65.4 Å². The summed E-state index contributed by atoms with van der Waals surface area (Å²) in [5, 5.41) is 27.1. The molecule has 3 fully saturated rings. The Morgan fingerprint density at radius 1 is 0.429 bits per heavy atom. The van der Waals surface area contributed by atoms with Gasteiger partial charge in [0.25, 0.3) is 0 Å². The average Bonchev–Trinajstić information content (AvgIpc) is 1.03. The number of halogens is 7. The number of hydrogen-bond acceptors (Lipinski definition) is 21. The number of pyridine rings is 3. The fourth-order valence-electron chi connectivity index (χ4n) is 11.5. The molecule has 0 unspecified atom stereocenters. The second kappa shape index (κ2) is 28.6. The number of ether oxygens (including phenoxy) is 3. The SMILES string of the molecule is C=CC(=O)N1CCN(c2ncnc3c(Oc4c(C)c(Cl)cc5[nH]ncc45)nc(Cl)cc23)CC1.C=CC(=O)N1CCN(c2ncnc3c(Oc4c(Cl)c(Cl)cc5[nH]ncc45)nc(Cl)cc23)CC1.C=CC(=O)N1CCN(c2ncnc3c(Oc4c(Cl)c(Cl)cc5[nH]ncc45)nccc23)CC1. The molecule has 0 bridgehead atoms. The summed E-state index contributed by atoms with van der Waals surface area (Å²) in [4.78, 5) is 87.0. The summed E-state index contributed by atoms with van der Waals surface area (Å²) in [6.07, 6.45) is 14.9. The molecule has 3 aliphatic heterocycles. The molecule has 9 aromatic heterocycles. The molecule has 27 nitrogen and oxygen atoms in total. The van der Waals surface area contributed by atoms with Crippen LogP contribution in [-0.2, 0) is 14.4 Å². The molecule has 0 aliphatic carbocycles. The maximum Gasteiger partial charge on any atom is 0.247 e. The van der Waals surface area contributed by atoms with Crippen LogP contribution >= 0.6 is 81.2 Å². The summed E-state index contributed by atoms with van der Waals surface area (Å²) in [6, 6.07) is 10.4. The third-order valence-corrected chi connectivity index (χ3v) is 18.8. The summed E-state index contributed by atoms with van der Waals surface area (Å²) in [5.74, 6) is 3.74. The summed E-state index contributed by atoms with van der Waals surface area (Å²) in [6.45, 7) is 19.6. The van der Waals surface area contributed by atoms with E-state index in [-0.39, 0.29) is 55.7 Å². The van der Waals surface area contributed by atoms with Crippen molar-refractivity contribution in [3.63, 3.8) is 0 Å². The first kappa shape index (κ1) is 66.6. The second-order valence-corrected chi connectivity index (χ2v) is 24.8. The Morgan fingerprint density at radius 3 is 1.17 bits per heavy atom. The predicted molar refractivity (Wildman–Crippen MR) is 377 cm³/mol. The lowest BCUT2D eigenvalue weighted by Crippen LogP contribution is -2.48. The monoisotopic (exact) mass is 1460 g/mol. The molecule has 0 spiro atoms. The van der Waals surface area contributed by atoms with Crippen LogP contribution in [0.4, 0.5) is 17.5 Å². The minimum absolute atomic E-state index is 0.0685. The number of fused-ring (bicyclic) bond motifs is 6. The summed E-state index contributed by atoms with van der Waals surface area (Å²) >= 11 is 44.5. The zero-order valence-electron chi connectivity index (χ0n) is 51.5. The molecule has 3 aromatic carbocycles. The average molecular weight is 1460 g/mol. The number of hydrogen-bond donors (Lipinski definition) is 3. The number of benzene rings is 3. The highest BCUT2D eigenvalue weighted by atomic mass is 35.5. The Labute approximate surface area is 590 Å². The van der Waals surface area contributed by atoms with Crippen molar-refractivity contribution in [2.75, 3.05) is 93.2 Å². The van der Waals surface area contributed by atoms with Crippen LogP contribution in [0.15, 0.2) is 118 Å². The topological polar surface area (TPSA) is 300 Å². The summed E-state index contributed by atoms with van der Waals surface area (Å²) < 4.78 is 18.5. The third-order valence-electron chi connectivity index (χ3n) is 16.4. The van der Waals surface area contributed by atoms with Crippen LogP contribution in [-0.4, -0.2) is 186 Å². The molecule has 15 rings (SSSR count). The van der Waals surface area contributed by atoms with E-state index in [9.17, 15) is 14.4 Å². The molecule has 3 saturated heterocycles. The largest absolute Gasteiger partial charge is 0.436 e. The zero-order valence-corrected chi connectivity index (χ0v) is 56.8. The lowest BCUT2D eigenvalue weighted by molar-refractivity contribution is -0.127. The number of piperazine rings is 3. The number of anilines is 3. The molecule has 12 aromatic rings. The number of carbonyl (C=O) groups is 3. The normalized spacial score (nSPS) is 14.2. The van der Waals surface area contributed by atoms with Crippen molar-refractivity contribution in [3.05, 3.63) is 159 Å². The first-order valence-electron chi connectivity index (χ1n) is 30.0. The van der Waals surface area contributed by atoms with Gasteiger partial charge in [0, 0.05) is 101 Å². The molecule has 34 heteroatoms. The first-order chi connectivity index (χ1) is 47.5. The molecule has 3 N–H and O–H groups in total. The number of H-pyrrole nitrogens is 3. The van der Waals surface area contributed by atoms with E-state index < -0.39 is 0 Å². The van der Waals surface area contributed by atoms with Gasteiger partial charge in [-0.3, -0.25) is 29.7 Å². The number of aromatic amines is 3. The van der Waals surface area contributed by atoms with Gasteiger partial charge in [-0.05, 0) is 61.5 Å². The lowest BCUT2D eigenvalue weighted by atomic mass is 10.1. The molecule has 3 amide bonds. The molecular weight excluding hydrogens is 1410 g/mol. The second-order valence-electron chi connectivity index (χ2n) is 22.1. The van der Waals surface area contributed by atoms with E-state index in [1.807, 2.05) is 13.0 Å². The Bertz CT molecular complexity index is 4940. The van der Waals surface area contributed by atoms with Gasteiger partial charge in [0.2, 0.25) is 35.4 Å². The van der Waals surface area contributed by atoms with E-state index in [4.69, 9.17) is 95.4 Å². The van der Waals surface area contributed by atoms with Gasteiger partial charge >= 0.3 is 0 Å². The van der Waals surface area contributed by atoms with Gasteiger partial charge in [0.1, 0.15) is 79.1 Å². The quantitative estimate of drug-likeness (QED) is 0.0756. The number of aromatic nitrogens is 15. The molecule has 498 valence electrons. The Morgan fingerprint density at radius 2 is 0.776 bits per heavy atom. The van der Waals surface area contributed by atoms with E-state index in [1.165, 1.54) is 37.2 Å². The van der Waals surface area contributed by atoms with Crippen LogP contribution in [0, 0.1) is 6.92 Å². The van der Waals surface area contributed by atoms with E-state index in [1.54, 1.807) is 69.8 Å². The smallest absolute Gasteiger partial charge is 0.247 e. The third kappa shape index (κ3) is 13.3. The van der Waals surface area contributed by atoms with Gasteiger partial charge in [0.15, 0.2) is 11.5 Å². The minimum Gasteiger partial charge on any atom is -0.436 e. The summed E-state index contributed by atoms with van der Waals surface area (Å²) in [7, 11) is 0. The van der Waals surface area contributed by atoms with E-state index in [0.29, 0.717) is 172 Å². The Balaban J connectivity index is 0.000000132. The van der Waals surface area contributed by atoms with E-state index >= 15 is 0 Å². The number of nitrogens with one attached hydrogen (secondary N) is 3. The standard InChI is InChI=1S/C22H19Cl2N7O2.C21H16Cl3N7O2.C21H17Cl2N7O2/c1-3-18(32)30-4-6-31(7-5-30)21-13-8-17(24)28-22(19(13)25-11-26-21)33-20-12(2)15(23)9-16-14(20)10-27-29-16;1-2-16(32)30-3-5-31(6-4-30)20-11-7-15(23)28-21(18(11)25-10-26-20)33-19-12-9-27-29-14(12)8-13(22)17(19)24;1-2-16(31)29-5-7-30(8-6-29)20-12-3-4-24-21(18(12)25-11-26-20)32-19-13-10-27-28-15(13)9-14(22)17(19)23/h3,8-11H,1,4-7H2,2H3,(H,27,29);2,7-10H,1,3-6H2,(H,27,29);2-4,9-11H,1,5-8H2,(H,27,28). The van der Waals surface area contributed by atoms with E-state index in [2.05, 4.69) is 110 Å². The van der Waals surface area contributed by atoms with Crippen LogP contribution in [0.1, 0.15) is 5.56 Å². The Kier molecular flexibility index (Phi) is 19.4. The maximum absolute atomic E-state index is 11.9.